The van der Waals surface area contributed by atoms with Crippen LogP contribution < -0.4 is 0 Å². The molecule has 0 aromatic rings. The van der Waals surface area contributed by atoms with Gasteiger partial charge in [0, 0.05) is 12.0 Å². The molecule has 0 aromatic carbocycles. The van der Waals surface area contributed by atoms with E-state index in [-0.39, 0.29) is 24.3 Å². The van der Waals surface area contributed by atoms with Crippen LogP contribution in [0.15, 0.2) is 34.4 Å². The topological polar surface area (TPSA) is 79.3 Å². The first-order valence-corrected chi connectivity index (χ1v) is 9.07. The Kier molecular flexibility index (Phi) is 5.19. The number of aliphatic hydroxyl groups excluding tert-OH is 2. The van der Waals surface area contributed by atoms with E-state index in [2.05, 4.69) is 6.92 Å². The third-order valence-corrected chi connectivity index (χ3v) is 5.71. The van der Waals surface area contributed by atoms with E-state index in [0.717, 1.165) is 36.8 Å². The third kappa shape index (κ3) is 3.89. The zero-order valence-electron chi connectivity index (χ0n) is 15.2. The third-order valence-electron chi connectivity index (χ3n) is 5.71. The Balaban J connectivity index is 1.88. The minimum atomic E-state index is -0.813. The summed E-state index contributed by atoms with van der Waals surface area (Å²) < 4.78 is 11.3. The van der Waals surface area contributed by atoms with E-state index in [1.807, 2.05) is 19.1 Å². The standard InChI is InChI=1S/C20H28O5/c1-12-6-7-18-20(3,25-18)8-4-5-14(11-21)16(22)10-15-13(2)19(23)24-17(15)9-12/h5,9,16-18,21-22H,4,6-8,10-11H2,1-3H3/b12-9+,14-5+/t16-,17+,18+,20+/m1/s1. The van der Waals surface area contributed by atoms with Gasteiger partial charge in [-0.25, -0.2) is 4.79 Å². The molecule has 2 aliphatic heterocycles. The van der Waals surface area contributed by atoms with Crippen LogP contribution in [0.1, 0.15) is 52.9 Å². The van der Waals surface area contributed by atoms with Crippen molar-refractivity contribution in [2.45, 2.75) is 76.8 Å². The maximum absolute atomic E-state index is 12.0. The normalized spacial score (nSPS) is 40.8. The van der Waals surface area contributed by atoms with Crippen molar-refractivity contribution in [2.75, 3.05) is 6.61 Å². The molecule has 4 atom stereocenters. The van der Waals surface area contributed by atoms with Crippen molar-refractivity contribution >= 4 is 5.97 Å². The van der Waals surface area contributed by atoms with Gasteiger partial charge in [-0.3, -0.25) is 0 Å². The molecule has 25 heavy (non-hydrogen) atoms. The molecular formula is C20H28O5. The second-order valence-corrected chi connectivity index (χ2v) is 7.64. The van der Waals surface area contributed by atoms with Crippen molar-refractivity contribution in [3.8, 4) is 0 Å². The number of epoxide rings is 1. The number of hydrogen-bond acceptors (Lipinski definition) is 5. The van der Waals surface area contributed by atoms with Crippen molar-refractivity contribution < 1.29 is 24.5 Å². The zero-order chi connectivity index (χ0) is 18.2. The summed E-state index contributed by atoms with van der Waals surface area (Å²) in [6, 6.07) is 0. The average molecular weight is 348 g/mol. The van der Waals surface area contributed by atoms with Crippen LogP contribution in [0, 0.1) is 0 Å². The minimum absolute atomic E-state index is 0.103. The van der Waals surface area contributed by atoms with E-state index in [9.17, 15) is 15.0 Å². The van der Waals surface area contributed by atoms with Gasteiger partial charge in [-0.1, -0.05) is 11.6 Å². The fourth-order valence-corrected chi connectivity index (χ4v) is 3.79. The van der Waals surface area contributed by atoms with Gasteiger partial charge in [-0.2, -0.15) is 0 Å². The second kappa shape index (κ2) is 7.06. The van der Waals surface area contributed by atoms with Gasteiger partial charge >= 0.3 is 5.97 Å². The van der Waals surface area contributed by atoms with Crippen LogP contribution in [-0.2, 0) is 14.3 Å². The van der Waals surface area contributed by atoms with Crippen LogP contribution in [0.4, 0.5) is 0 Å². The van der Waals surface area contributed by atoms with Crippen molar-refractivity contribution in [2.24, 2.45) is 0 Å². The molecule has 2 heterocycles. The molecule has 3 rings (SSSR count). The molecule has 0 unspecified atom stereocenters. The van der Waals surface area contributed by atoms with Crippen LogP contribution in [0.3, 0.4) is 0 Å². The van der Waals surface area contributed by atoms with E-state index in [1.54, 1.807) is 6.92 Å². The highest BCUT2D eigenvalue weighted by Gasteiger charge is 2.50. The van der Waals surface area contributed by atoms with E-state index >= 15 is 0 Å². The molecule has 0 spiro atoms. The number of allylic oxidation sites excluding steroid dienone is 2. The smallest absolute Gasteiger partial charge is 0.334 e. The van der Waals surface area contributed by atoms with Crippen LogP contribution in [0.25, 0.3) is 0 Å². The fourth-order valence-electron chi connectivity index (χ4n) is 3.79. The van der Waals surface area contributed by atoms with E-state index in [1.165, 1.54) is 0 Å². The first-order valence-electron chi connectivity index (χ1n) is 9.07. The zero-order valence-corrected chi connectivity index (χ0v) is 15.2. The number of rotatable bonds is 1. The number of carbonyl (C=O) groups is 1. The molecule has 138 valence electrons. The SMILES string of the molecule is CC1=C2C[C@@H](O)/C(CO)=C/CC[C@]3(C)O[C@H]3CC/C(C)=C/[C@@H]2OC1=O. The number of aliphatic hydroxyl groups is 2. The van der Waals surface area contributed by atoms with E-state index in [0.29, 0.717) is 17.6 Å². The number of esters is 1. The van der Waals surface area contributed by atoms with Gasteiger partial charge in [-0.15, -0.1) is 0 Å². The lowest BCUT2D eigenvalue weighted by Crippen LogP contribution is -2.19. The fraction of sp³-hybridized carbons (Fsp3) is 0.650. The summed E-state index contributed by atoms with van der Waals surface area (Å²) in [6.07, 6.45) is 6.69. The van der Waals surface area contributed by atoms with Crippen molar-refractivity contribution in [1.29, 1.82) is 0 Å². The van der Waals surface area contributed by atoms with Gasteiger partial charge in [0.2, 0.25) is 0 Å². The molecule has 5 nitrogen and oxygen atoms in total. The minimum Gasteiger partial charge on any atom is -0.450 e. The van der Waals surface area contributed by atoms with Crippen LogP contribution in [0.5, 0.6) is 0 Å². The van der Waals surface area contributed by atoms with Gasteiger partial charge in [-0.05, 0) is 63.7 Å². The van der Waals surface area contributed by atoms with Gasteiger partial charge in [0.1, 0.15) is 6.10 Å². The van der Waals surface area contributed by atoms with Crippen molar-refractivity contribution in [1.82, 2.24) is 0 Å². The first kappa shape index (κ1) is 18.4. The summed E-state index contributed by atoms with van der Waals surface area (Å²) in [5.41, 5.74) is 3.02. The highest BCUT2D eigenvalue weighted by molar-refractivity contribution is 5.92. The monoisotopic (exact) mass is 348 g/mol. The summed E-state index contributed by atoms with van der Waals surface area (Å²) in [5.74, 6) is -0.326. The molecule has 2 N–H and O–H groups in total. The highest BCUT2D eigenvalue weighted by atomic mass is 16.6. The number of hydrogen-bond donors (Lipinski definition) is 2. The van der Waals surface area contributed by atoms with Crippen molar-refractivity contribution in [3.05, 3.63) is 34.4 Å². The number of carbonyl (C=O) groups excluding carboxylic acids is 1. The average Bonchev–Trinajstić information content (AvgIpc) is 3.15. The Bertz CT molecular complexity index is 644. The van der Waals surface area contributed by atoms with Gasteiger partial charge in [0.05, 0.1) is 24.4 Å². The Morgan fingerprint density at radius 2 is 2.12 bits per heavy atom. The van der Waals surface area contributed by atoms with E-state index in [4.69, 9.17) is 9.47 Å². The molecule has 0 aromatic heterocycles. The molecule has 0 amide bonds. The lowest BCUT2D eigenvalue weighted by Gasteiger charge is -2.18. The summed E-state index contributed by atoms with van der Waals surface area (Å²) in [5, 5.41) is 20.2. The molecule has 1 fully saturated rings. The Morgan fingerprint density at radius 1 is 1.36 bits per heavy atom. The maximum Gasteiger partial charge on any atom is 0.334 e. The lowest BCUT2D eigenvalue weighted by atomic mass is 9.91. The highest BCUT2D eigenvalue weighted by Crippen LogP contribution is 2.44. The Hall–Kier alpha value is -1.43. The molecule has 1 saturated heterocycles. The van der Waals surface area contributed by atoms with Gasteiger partial charge in [0.25, 0.3) is 0 Å². The largest absolute Gasteiger partial charge is 0.450 e. The second-order valence-electron chi connectivity index (χ2n) is 7.64. The number of fused-ring (bicyclic) bond motifs is 2. The van der Waals surface area contributed by atoms with Crippen LogP contribution in [0.2, 0.25) is 0 Å². The predicted molar refractivity (Wildman–Crippen MR) is 93.9 cm³/mol. The lowest BCUT2D eigenvalue weighted by molar-refractivity contribution is -0.138. The quantitative estimate of drug-likeness (QED) is 0.432. The van der Waals surface area contributed by atoms with Gasteiger partial charge < -0.3 is 19.7 Å². The molecule has 0 bridgehead atoms. The molecule has 1 aliphatic carbocycles. The Labute approximate surface area is 149 Å². The maximum atomic E-state index is 12.0. The molecule has 3 aliphatic rings. The summed E-state index contributed by atoms with van der Waals surface area (Å²) in [4.78, 5) is 12.0. The van der Waals surface area contributed by atoms with Crippen molar-refractivity contribution in [3.63, 3.8) is 0 Å². The summed E-state index contributed by atoms with van der Waals surface area (Å²) in [7, 11) is 0. The number of ether oxygens (including phenoxy) is 2. The van der Waals surface area contributed by atoms with Crippen LogP contribution >= 0.6 is 0 Å². The van der Waals surface area contributed by atoms with Gasteiger partial charge in [0.15, 0.2) is 0 Å². The molecule has 0 saturated carbocycles. The molecule has 0 radical (unpaired) electrons. The van der Waals surface area contributed by atoms with E-state index < -0.39 is 12.2 Å². The Morgan fingerprint density at radius 3 is 2.84 bits per heavy atom. The first-order chi connectivity index (χ1) is 11.8. The van der Waals surface area contributed by atoms with Crippen LogP contribution in [-0.4, -0.2) is 46.7 Å². The predicted octanol–water partition coefficient (Wildman–Crippen LogP) is 2.58. The molecular weight excluding hydrogens is 320 g/mol. The summed E-state index contributed by atoms with van der Waals surface area (Å²) in [6.45, 7) is 5.71. The summed E-state index contributed by atoms with van der Waals surface area (Å²) >= 11 is 0. The molecule has 5 heteroatoms.